The number of rotatable bonds is 4. The molecule has 2 aromatic carbocycles. The molecule has 0 aliphatic heterocycles. The molecule has 1 aliphatic carbocycles. The van der Waals surface area contributed by atoms with Crippen molar-refractivity contribution in [1.29, 1.82) is 0 Å². The van der Waals surface area contributed by atoms with Crippen molar-refractivity contribution >= 4 is 16.9 Å². The van der Waals surface area contributed by atoms with Crippen molar-refractivity contribution in [3.8, 4) is 40.1 Å². The molecule has 8 N–H and O–H groups in total. The van der Waals surface area contributed by atoms with Gasteiger partial charge < -0.3 is 50.0 Å². The van der Waals surface area contributed by atoms with E-state index in [2.05, 4.69) is 0 Å². The van der Waals surface area contributed by atoms with E-state index in [0.717, 1.165) is 24.3 Å². The van der Waals surface area contributed by atoms with Gasteiger partial charge in [0.1, 0.15) is 40.8 Å². The Morgan fingerprint density at radius 3 is 2.26 bits per heavy atom. The van der Waals surface area contributed by atoms with E-state index in [0.29, 0.717) is 0 Å². The molecule has 1 aromatic heterocycles. The monoisotopic (exact) mass is 476 g/mol. The maximum Gasteiger partial charge on any atom is 0.309 e. The minimum absolute atomic E-state index is 0.00722. The van der Waals surface area contributed by atoms with Gasteiger partial charge in [-0.25, -0.2) is 0 Å². The summed E-state index contributed by atoms with van der Waals surface area (Å²) in [5.74, 6) is -6.09. The zero-order valence-electron chi connectivity index (χ0n) is 17.2. The number of carboxylic acids is 1. The van der Waals surface area contributed by atoms with E-state index in [4.69, 9.17) is 9.15 Å². The number of carboxylic acid groups (broad SMARTS) is 1. The number of phenolic OH excluding ortho intramolecular Hbond substituents is 4. The fraction of sp³-hybridized carbons (Fsp3) is 0.273. The summed E-state index contributed by atoms with van der Waals surface area (Å²) >= 11 is 0. The summed E-state index contributed by atoms with van der Waals surface area (Å²) in [6.07, 6.45) is -7.48. The first-order valence-corrected chi connectivity index (χ1v) is 9.98. The Morgan fingerprint density at radius 2 is 1.62 bits per heavy atom. The lowest BCUT2D eigenvalue weighted by Gasteiger charge is -2.38. The zero-order chi connectivity index (χ0) is 24.9. The summed E-state index contributed by atoms with van der Waals surface area (Å²) in [5.41, 5.74) is -1.23. The van der Waals surface area contributed by atoms with Gasteiger partial charge in [-0.2, -0.15) is 0 Å². The minimum atomic E-state index is -1.90. The molecule has 0 unspecified atom stereocenters. The molecule has 1 heterocycles. The van der Waals surface area contributed by atoms with Crippen LogP contribution in [0.2, 0.25) is 0 Å². The number of aromatic hydroxyl groups is 4. The van der Waals surface area contributed by atoms with Crippen molar-refractivity contribution in [3.63, 3.8) is 0 Å². The van der Waals surface area contributed by atoms with Crippen LogP contribution < -0.4 is 10.2 Å². The predicted molar refractivity (Wildman–Crippen MR) is 113 cm³/mol. The van der Waals surface area contributed by atoms with E-state index >= 15 is 0 Å². The van der Waals surface area contributed by atoms with Gasteiger partial charge in [-0.05, 0) is 18.2 Å². The summed E-state index contributed by atoms with van der Waals surface area (Å²) in [6.45, 7) is 0. The van der Waals surface area contributed by atoms with Gasteiger partial charge in [0.05, 0.1) is 12.0 Å². The van der Waals surface area contributed by atoms with E-state index in [-0.39, 0.29) is 16.9 Å². The molecular weight excluding hydrogens is 456 g/mol. The Morgan fingerprint density at radius 1 is 0.912 bits per heavy atom. The number of fused-ring (bicyclic) bond motifs is 1. The first-order chi connectivity index (χ1) is 16.0. The quantitative estimate of drug-likeness (QED) is 0.237. The predicted octanol–water partition coefficient (Wildman–Crippen LogP) is 0.217. The Labute approximate surface area is 189 Å². The average Bonchev–Trinajstić information content (AvgIpc) is 2.76. The SMILES string of the molecule is O=C(O)[C@H]1C[C@@H](Oc2c(-c3ccc(O)c(O)c3)oc3cc(O)cc(O)c3c2=O)[C@H](O)[C@@H](O)[C@@H]1O. The number of aliphatic hydroxyl groups excluding tert-OH is 3. The van der Waals surface area contributed by atoms with Crippen LogP contribution in [-0.2, 0) is 4.79 Å². The lowest BCUT2D eigenvalue weighted by atomic mass is 9.80. The third-order valence-corrected chi connectivity index (χ3v) is 5.72. The second kappa shape index (κ2) is 8.41. The van der Waals surface area contributed by atoms with Crippen LogP contribution in [0.4, 0.5) is 0 Å². The van der Waals surface area contributed by atoms with Gasteiger partial charge in [0.25, 0.3) is 0 Å². The van der Waals surface area contributed by atoms with Gasteiger partial charge in [-0.1, -0.05) is 0 Å². The standard InChI is InChI=1S/C22H20O12/c23-8-4-12(26)15-13(5-8)33-20(7-1-2-10(24)11(25)3-7)21(18(15)29)34-14-6-9(22(31)32)16(27)19(30)17(14)28/h1-5,9,14,16-17,19,23-28,30H,6H2,(H,31,32)/t9-,14+,16+,17-,19-/m0/s1. The van der Waals surface area contributed by atoms with Gasteiger partial charge >= 0.3 is 5.97 Å². The van der Waals surface area contributed by atoms with Crippen molar-refractivity contribution in [1.82, 2.24) is 0 Å². The maximum absolute atomic E-state index is 13.3. The molecule has 3 aromatic rings. The first kappa shape index (κ1) is 23.2. The van der Waals surface area contributed by atoms with Crippen LogP contribution in [0.3, 0.4) is 0 Å². The number of benzene rings is 2. The van der Waals surface area contributed by atoms with Crippen LogP contribution in [0.1, 0.15) is 6.42 Å². The van der Waals surface area contributed by atoms with Crippen molar-refractivity contribution in [2.75, 3.05) is 0 Å². The number of aliphatic carboxylic acids is 1. The molecule has 180 valence electrons. The van der Waals surface area contributed by atoms with Crippen LogP contribution >= 0.6 is 0 Å². The highest BCUT2D eigenvalue weighted by molar-refractivity contribution is 5.88. The normalized spacial score (nSPS) is 24.7. The van der Waals surface area contributed by atoms with Crippen molar-refractivity contribution in [2.45, 2.75) is 30.8 Å². The molecule has 0 bridgehead atoms. The summed E-state index contributed by atoms with van der Waals surface area (Å²) in [5, 5.41) is 78.9. The summed E-state index contributed by atoms with van der Waals surface area (Å²) < 4.78 is 11.3. The first-order valence-electron chi connectivity index (χ1n) is 9.98. The summed E-state index contributed by atoms with van der Waals surface area (Å²) in [7, 11) is 0. The Balaban J connectivity index is 1.91. The highest BCUT2D eigenvalue weighted by Gasteiger charge is 2.47. The van der Waals surface area contributed by atoms with Crippen molar-refractivity contribution in [2.24, 2.45) is 5.92 Å². The van der Waals surface area contributed by atoms with Crippen LogP contribution in [0.15, 0.2) is 39.5 Å². The third-order valence-electron chi connectivity index (χ3n) is 5.72. The Bertz CT molecular complexity index is 1330. The van der Waals surface area contributed by atoms with Crippen LogP contribution in [0.25, 0.3) is 22.3 Å². The van der Waals surface area contributed by atoms with E-state index in [9.17, 15) is 50.4 Å². The number of phenols is 4. The highest BCUT2D eigenvalue weighted by Crippen LogP contribution is 2.39. The number of ether oxygens (including phenoxy) is 1. The molecular formula is C22H20O12. The molecule has 0 radical (unpaired) electrons. The summed E-state index contributed by atoms with van der Waals surface area (Å²) in [6, 6.07) is 5.30. The largest absolute Gasteiger partial charge is 0.508 e. The Kier molecular flexibility index (Phi) is 5.73. The van der Waals surface area contributed by atoms with Gasteiger partial charge in [-0.15, -0.1) is 0 Å². The maximum atomic E-state index is 13.3. The molecule has 1 fully saturated rings. The molecule has 4 rings (SSSR count). The molecule has 34 heavy (non-hydrogen) atoms. The second-order valence-electron chi connectivity index (χ2n) is 7.94. The summed E-state index contributed by atoms with van der Waals surface area (Å²) in [4.78, 5) is 24.8. The van der Waals surface area contributed by atoms with Gasteiger partial charge in [0.15, 0.2) is 17.3 Å². The number of hydrogen-bond donors (Lipinski definition) is 8. The fourth-order valence-corrected chi connectivity index (χ4v) is 3.94. The molecule has 1 aliphatic rings. The van der Waals surface area contributed by atoms with Crippen LogP contribution in [0, 0.1) is 5.92 Å². The van der Waals surface area contributed by atoms with Gasteiger partial charge in [0.2, 0.25) is 11.2 Å². The smallest absolute Gasteiger partial charge is 0.309 e. The topological polar surface area (TPSA) is 218 Å². The lowest BCUT2D eigenvalue weighted by Crippen LogP contribution is -2.57. The fourth-order valence-electron chi connectivity index (χ4n) is 3.94. The average molecular weight is 476 g/mol. The zero-order valence-corrected chi connectivity index (χ0v) is 17.2. The molecule has 5 atom stereocenters. The molecule has 12 nitrogen and oxygen atoms in total. The molecule has 12 heteroatoms. The van der Waals surface area contributed by atoms with E-state index in [1.807, 2.05) is 0 Å². The number of carbonyl (C=O) groups is 1. The van der Waals surface area contributed by atoms with Crippen molar-refractivity contribution < 1.29 is 54.8 Å². The van der Waals surface area contributed by atoms with E-state index in [1.54, 1.807) is 0 Å². The third kappa shape index (κ3) is 3.83. The number of hydrogen-bond acceptors (Lipinski definition) is 11. The molecule has 0 spiro atoms. The van der Waals surface area contributed by atoms with Crippen molar-refractivity contribution in [3.05, 3.63) is 40.6 Å². The number of aliphatic hydroxyl groups is 3. The lowest BCUT2D eigenvalue weighted by molar-refractivity contribution is -0.174. The van der Waals surface area contributed by atoms with E-state index in [1.165, 1.54) is 6.07 Å². The van der Waals surface area contributed by atoms with Gasteiger partial charge in [-0.3, -0.25) is 9.59 Å². The van der Waals surface area contributed by atoms with E-state index < -0.39 is 82.3 Å². The molecule has 0 amide bonds. The second-order valence-corrected chi connectivity index (χ2v) is 7.94. The van der Waals surface area contributed by atoms with Gasteiger partial charge in [0, 0.05) is 24.1 Å². The highest BCUT2D eigenvalue weighted by atomic mass is 16.5. The Hall–Kier alpha value is -4.00. The molecule has 1 saturated carbocycles. The van der Waals surface area contributed by atoms with Crippen LogP contribution in [0.5, 0.6) is 28.7 Å². The minimum Gasteiger partial charge on any atom is -0.508 e. The van der Waals surface area contributed by atoms with Crippen LogP contribution in [-0.4, -0.2) is 71.2 Å². The molecule has 0 saturated heterocycles.